The Morgan fingerprint density at radius 1 is 0.848 bits per heavy atom. The van der Waals surface area contributed by atoms with Crippen molar-refractivity contribution in [3.05, 3.63) is 35.9 Å². The predicted octanol–water partition coefficient (Wildman–Crippen LogP) is 3.25. The first kappa shape index (κ1) is 27.9. The van der Waals surface area contributed by atoms with E-state index < -0.39 is 47.2 Å². The fourth-order valence-corrected chi connectivity index (χ4v) is 2.57. The molecule has 0 aromatic heterocycles. The molecule has 184 valence electrons. The SMILES string of the molecule is C[C@@H](NC(=O)CC[C@@H](NC(=O)OC(C)(C)C)C(=O)OC(C)(C)C)C(=O)OCc1ccccc1. The van der Waals surface area contributed by atoms with E-state index in [2.05, 4.69) is 10.6 Å². The topological polar surface area (TPSA) is 120 Å². The molecule has 33 heavy (non-hydrogen) atoms. The zero-order valence-corrected chi connectivity index (χ0v) is 20.5. The number of ether oxygens (including phenoxy) is 3. The summed E-state index contributed by atoms with van der Waals surface area (Å²) in [6.07, 6.45) is -0.960. The van der Waals surface area contributed by atoms with E-state index in [0.717, 1.165) is 5.56 Å². The van der Waals surface area contributed by atoms with E-state index in [4.69, 9.17) is 14.2 Å². The van der Waals surface area contributed by atoms with Gasteiger partial charge in [0.2, 0.25) is 5.91 Å². The summed E-state index contributed by atoms with van der Waals surface area (Å²) in [5.74, 6) is -1.74. The van der Waals surface area contributed by atoms with Crippen molar-refractivity contribution in [2.75, 3.05) is 0 Å². The van der Waals surface area contributed by atoms with Gasteiger partial charge in [-0.15, -0.1) is 0 Å². The third kappa shape index (κ3) is 12.5. The normalized spacial score (nSPS) is 13.3. The lowest BCUT2D eigenvalue weighted by molar-refractivity contribution is -0.157. The molecule has 1 aromatic rings. The van der Waals surface area contributed by atoms with E-state index >= 15 is 0 Å². The van der Waals surface area contributed by atoms with Gasteiger partial charge in [-0.1, -0.05) is 30.3 Å². The van der Waals surface area contributed by atoms with Crippen LogP contribution >= 0.6 is 0 Å². The molecule has 9 heteroatoms. The van der Waals surface area contributed by atoms with E-state index in [1.54, 1.807) is 41.5 Å². The molecule has 0 heterocycles. The summed E-state index contributed by atoms with van der Waals surface area (Å²) >= 11 is 0. The van der Waals surface area contributed by atoms with Gasteiger partial charge in [-0.25, -0.2) is 14.4 Å². The molecule has 2 N–H and O–H groups in total. The summed E-state index contributed by atoms with van der Waals surface area (Å²) in [7, 11) is 0. The fourth-order valence-electron chi connectivity index (χ4n) is 2.57. The molecule has 1 rings (SSSR count). The number of alkyl carbamates (subject to hydrolysis) is 1. The summed E-state index contributed by atoms with van der Waals surface area (Å²) in [4.78, 5) is 49.2. The zero-order chi connectivity index (χ0) is 25.2. The molecule has 0 aliphatic carbocycles. The van der Waals surface area contributed by atoms with Crippen LogP contribution in [0, 0.1) is 0 Å². The van der Waals surface area contributed by atoms with E-state index in [1.165, 1.54) is 6.92 Å². The Morgan fingerprint density at radius 2 is 1.42 bits per heavy atom. The van der Waals surface area contributed by atoms with Gasteiger partial charge in [-0.05, 0) is 60.5 Å². The lowest BCUT2D eigenvalue weighted by Gasteiger charge is -2.26. The Labute approximate surface area is 195 Å². The molecule has 0 radical (unpaired) electrons. The summed E-state index contributed by atoms with van der Waals surface area (Å²) in [6, 6.07) is 7.21. The second kappa shape index (κ2) is 12.2. The molecular weight excluding hydrogens is 428 g/mol. The van der Waals surface area contributed by atoms with Crippen LogP contribution in [0.25, 0.3) is 0 Å². The average molecular weight is 465 g/mol. The van der Waals surface area contributed by atoms with Crippen LogP contribution in [-0.4, -0.2) is 47.2 Å². The maximum Gasteiger partial charge on any atom is 0.408 e. The van der Waals surface area contributed by atoms with Crippen molar-refractivity contribution in [3.8, 4) is 0 Å². The Balaban J connectivity index is 2.62. The molecule has 0 saturated carbocycles. The quantitative estimate of drug-likeness (QED) is 0.425. The fraction of sp³-hybridized carbons (Fsp3) is 0.583. The van der Waals surface area contributed by atoms with Gasteiger partial charge in [0, 0.05) is 6.42 Å². The molecule has 0 unspecified atom stereocenters. The number of hydrogen-bond donors (Lipinski definition) is 2. The molecule has 2 amide bonds. The van der Waals surface area contributed by atoms with Crippen molar-refractivity contribution in [1.82, 2.24) is 10.6 Å². The monoisotopic (exact) mass is 464 g/mol. The van der Waals surface area contributed by atoms with E-state index in [-0.39, 0.29) is 19.4 Å². The summed E-state index contributed by atoms with van der Waals surface area (Å²) < 4.78 is 15.7. The first-order valence-corrected chi connectivity index (χ1v) is 10.9. The van der Waals surface area contributed by atoms with Crippen molar-refractivity contribution in [2.45, 2.75) is 91.2 Å². The molecule has 0 saturated heterocycles. The van der Waals surface area contributed by atoms with Crippen molar-refractivity contribution < 1.29 is 33.4 Å². The van der Waals surface area contributed by atoms with Crippen molar-refractivity contribution in [2.24, 2.45) is 0 Å². The van der Waals surface area contributed by atoms with Crippen LogP contribution in [-0.2, 0) is 35.2 Å². The first-order valence-electron chi connectivity index (χ1n) is 10.9. The maximum atomic E-state index is 12.5. The average Bonchev–Trinajstić information content (AvgIpc) is 2.67. The number of carbonyl (C=O) groups excluding carboxylic acids is 4. The van der Waals surface area contributed by atoms with Gasteiger partial charge in [0.1, 0.15) is 29.9 Å². The van der Waals surface area contributed by atoms with Crippen molar-refractivity contribution >= 4 is 23.9 Å². The minimum Gasteiger partial charge on any atom is -0.459 e. The summed E-state index contributed by atoms with van der Waals surface area (Å²) in [6.45, 7) is 11.8. The van der Waals surface area contributed by atoms with Crippen LogP contribution in [0.2, 0.25) is 0 Å². The molecular formula is C24H36N2O7. The maximum absolute atomic E-state index is 12.5. The highest BCUT2D eigenvalue weighted by Gasteiger charge is 2.29. The highest BCUT2D eigenvalue weighted by Crippen LogP contribution is 2.13. The minimum absolute atomic E-state index is 0.0359. The molecule has 0 aliphatic rings. The van der Waals surface area contributed by atoms with Gasteiger partial charge in [-0.2, -0.15) is 0 Å². The van der Waals surface area contributed by atoms with Crippen LogP contribution in [0.3, 0.4) is 0 Å². The number of benzene rings is 1. The second-order valence-corrected chi connectivity index (χ2v) is 9.65. The lowest BCUT2D eigenvalue weighted by Crippen LogP contribution is -2.47. The number of rotatable bonds is 9. The van der Waals surface area contributed by atoms with Crippen molar-refractivity contribution in [1.29, 1.82) is 0 Å². The summed E-state index contributed by atoms with van der Waals surface area (Å²) in [5.41, 5.74) is -0.697. The molecule has 0 bridgehead atoms. The highest BCUT2D eigenvalue weighted by molar-refractivity contribution is 5.85. The Bertz CT molecular complexity index is 810. The predicted molar refractivity (Wildman–Crippen MR) is 122 cm³/mol. The standard InChI is InChI=1S/C24H36N2O7/c1-16(20(28)31-15-17-11-9-8-10-12-17)25-19(27)14-13-18(21(29)32-23(2,3)4)26-22(30)33-24(5,6)7/h8-12,16,18H,13-15H2,1-7H3,(H,25,27)(H,26,30)/t16-,18-/m1/s1. The number of nitrogens with one attached hydrogen (secondary N) is 2. The van der Waals surface area contributed by atoms with Crippen LogP contribution in [0.1, 0.15) is 66.9 Å². The number of hydrogen-bond acceptors (Lipinski definition) is 7. The van der Waals surface area contributed by atoms with Gasteiger partial charge in [0.05, 0.1) is 0 Å². The van der Waals surface area contributed by atoms with Crippen LogP contribution < -0.4 is 10.6 Å². The second-order valence-electron chi connectivity index (χ2n) is 9.65. The van der Waals surface area contributed by atoms with Crippen molar-refractivity contribution in [3.63, 3.8) is 0 Å². The first-order chi connectivity index (χ1) is 15.2. The molecule has 0 spiro atoms. The van der Waals surface area contributed by atoms with Gasteiger partial charge >= 0.3 is 18.0 Å². The zero-order valence-electron chi connectivity index (χ0n) is 20.5. The molecule has 9 nitrogen and oxygen atoms in total. The lowest BCUT2D eigenvalue weighted by atomic mass is 10.1. The number of carbonyl (C=O) groups is 4. The molecule has 2 atom stereocenters. The third-order valence-corrected chi connectivity index (χ3v) is 4.00. The van der Waals surface area contributed by atoms with E-state index in [0.29, 0.717) is 0 Å². The Kier molecular flexibility index (Phi) is 10.3. The minimum atomic E-state index is -1.09. The van der Waals surface area contributed by atoms with Gasteiger partial charge in [0.25, 0.3) is 0 Å². The van der Waals surface area contributed by atoms with Crippen LogP contribution in [0.15, 0.2) is 30.3 Å². The number of amides is 2. The van der Waals surface area contributed by atoms with E-state index in [1.807, 2.05) is 30.3 Å². The smallest absolute Gasteiger partial charge is 0.408 e. The van der Waals surface area contributed by atoms with E-state index in [9.17, 15) is 19.2 Å². The van der Waals surface area contributed by atoms with Gasteiger partial charge in [-0.3, -0.25) is 4.79 Å². The number of esters is 2. The van der Waals surface area contributed by atoms with Gasteiger partial charge < -0.3 is 24.8 Å². The molecule has 0 aliphatic heterocycles. The molecule has 0 fully saturated rings. The Morgan fingerprint density at radius 3 is 1.97 bits per heavy atom. The highest BCUT2D eigenvalue weighted by atomic mass is 16.6. The van der Waals surface area contributed by atoms with Gasteiger partial charge in [0.15, 0.2) is 0 Å². The largest absolute Gasteiger partial charge is 0.459 e. The summed E-state index contributed by atoms with van der Waals surface area (Å²) in [5, 5.41) is 5.00. The van der Waals surface area contributed by atoms with Crippen LogP contribution in [0.4, 0.5) is 4.79 Å². The van der Waals surface area contributed by atoms with Crippen LogP contribution in [0.5, 0.6) is 0 Å². The Hall–Kier alpha value is -3.10. The molecule has 1 aromatic carbocycles. The third-order valence-electron chi connectivity index (χ3n) is 4.00.